The van der Waals surface area contributed by atoms with Crippen LogP contribution in [0.25, 0.3) is 0 Å². The minimum absolute atomic E-state index is 0.272. The first-order valence-corrected chi connectivity index (χ1v) is 5.64. The van der Waals surface area contributed by atoms with Crippen molar-refractivity contribution in [2.24, 2.45) is 0 Å². The summed E-state index contributed by atoms with van der Waals surface area (Å²) in [7, 11) is 2.05. The number of nitrogens with two attached hydrogens (primary N) is 1. The second kappa shape index (κ2) is 4.63. The van der Waals surface area contributed by atoms with Gasteiger partial charge in [0, 0.05) is 18.3 Å². The molecule has 0 bridgehead atoms. The van der Waals surface area contributed by atoms with Crippen molar-refractivity contribution in [2.75, 3.05) is 31.2 Å². The Labute approximate surface area is 100 Å². The lowest BCUT2D eigenvalue weighted by atomic mass is 10.1. The van der Waals surface area contributed by atoms with Crippen molar-refractivity contribution < 1.29 is 9.90 Å². The third-order valence-electron chi connectivity index (χ3n) is 3.03. The van der Waals surface area contributed by atoms with E-state index in [0.717, 1.165) is 19.5 Å². The molecule has 0 radical (unpaired) electrons. The number of carbonyl (C=O) groups is 1. The number of carboxylic acids is 1. The van der Waals surface area contributed by atoms with Crippen LogP contribution in [0.3, 0.4) is 0 Å². The van der Waals surface area contributed by atoms with Gasteiger partial charge in [-0.15, -0.1) is 0 Å². The van der Waals surface area contributed by atoms with E-state index in [9.17, 15) is 4.79 Å². The Morgan fingerprint density at radius 1 is 1.59 bits per heavy atom. The molecule has 17 heavy (non-hydrogen) atoms. The highest BCUT2D eigenvalue weighted by molar-refractivity contribution is 5.95. The molecule has 1 saturated heterocycles. The average molecular weight is 235 g/mol. The first-order valence-electron chi connectivity index (χ1n) is 5.64. The topological polar surface area (TPSA) is 78.6 Å². The third-order valence-corrected chi connectivity index (χ3v) is 3.03. The number of hydrogen-bond acceptors (Lipinski definition) is 4. The smallest absolute Gasteiger partial charge is 0.337 e. The minimum Gasteiger partial charge on any atom is -0.478 e. The van der Waals surface area contributed by atoms with Crippen LogP contribution in [0.5, 0.6) is 0 Å². The Morgan fingerprint density at radius 3 is 2.94 bits per heavy atom. The van der Waals surface area contributed by atoms with E-state index in [1.165, 1.54) is 0 Å². The molecule has 1 heterocycles. The van der Waals surface area contributed by atoms with E-state index in [0.29, 0.717) is 17.4 Å². The van der Waals surface area contributed by atoms with Crippen molar-refractivity contribution in [3.63, 3.8) is 0 Å². The van der Waals surface area contributed by atoms with Crippen LogP contribution >= 0.6 is 0 Å². The zero-order valence-electron chi connectivity index (χ0n) is 9.81. The number of likely N-dealkylation sites (N-methyl/N-ethyl adjacent to an activating group) is 1. The molecule has 0 saturated carbocycles. The molecule has 4 N–H and O–H groups in total. The maximum Gasteiger partial charge on any atom is 0.337 e. The van der Waals surface area contributed by atoms with Crippen LogP contribution in [-0.2, 0) is 0 Å². The van der Waals surface area contributed by atoms with Crippen LogP contribution in [0.4, 0.5) is 11.4 Å². The van der Waals surface area contributed by atoms with E-state index < -0.39 is 5.97 Å². The molecule has 92 valence electrons. The van der Waals surface area contributed by atoms with E-state index in [4.69, 9.17) is 10.8 Å². The van der Waals surface area contributed by atoms with E-state index in [1.54, 1.807) is 18.2 Å². The number of nitrogen functional groups attached to an aromatic ring is 1. The summed E-state index contributed by atoms with van der Waals surface area (Å²) in [6.45, 7) is 1.95. The van der Waals surface area contributed by atoms with Gasteiger partial charge in [-0.2, -0.15) is 0 Å². The predicted molar refractivity (Wildman–Crippen MR) is 67.3 cm³/mol. The zero-order valence-corrected chi connectivity index (χ0v) is 9.81. The summed E-state index contributed by atoms with van der Waals surface area (Å²) in [5, 5.41) is 12.4. The zero-order chi connectivity index (χ0) is 12.4. The summed E-state index contributed by atoms with van der Waals surface area (Å²) in [5.74, 6) is -0.932. The number of rotatable bonds is 3. The first kappa shape index (κ1) is 11.7. The van der Waals surface area contributed by atoms with Gasteiger partial charge in [0.1, 0.15) is 0 Å². The lowest BCUT2D eigenvalue weighted by molar-refractivity contribution is 0.0698. The van der Waals surface area contributed by atoms with Gasteiger partial charge in [-0.05, 0) is 38.2 Å². The van der Waals surface area contributed by atoms with E-state index in [1.807, 2.05) is 0 Å². The SMILES string of the molecule is CN1CCC(Nc2cc(N)ccc2C(=O)O)C1. The van der Waals surface area contributed by atoms with Crippen LogP contribution < -0.4 is 11.1 Å². The molecule has 5 heteroatoms. The first-order chi connectivity index (χ1) is 8.06. The fraction of sp³-hybridized carbons (Fsp3) is 0.417. The van der Waals surface area contributed by atoms with Crippen molar-refractivity contribution in [3.05, 3.63) is 23.8 Å². The van der Waals surface area contributed by atoms with Crippen LogP contribution in [0.15, 0.2) is 18.2 Å². The number of anilines is 2. The van der Waals surface area contributed by atoms with Gasteiger partial charge in [-0.1, -0.05) is 0 Å². The van der Waals surface area contributed by atoms with Crippen molar-refractivity contribution in [2.45, 2.75) is 12.5 Å². The number of likely N-dealkylation sites (tertiary alicyclic amines) is 1. The molecule has 0 aliphatic carbocycles. The molecule has 1 aliphatic rings. The number of carboxylic acid groups (broad SMARTS) is 1. The molecule has 0 spiro atoms. The maximum atomic E-state index is 11.1. The van der Waals surface area contributed by atoms with Gasteiger partial charge in [0.25, 0.3) is 0 Å². The van der Waals surface area contributed by atoms with Gasteiger partial charge >= 0.3 is 5.97 Å². The van der Waals surface area contributed by atoms with Crippen molar-refractivity contribution >= 4 is 17.3 Å². The largest absolute Gasteiger partial charge is 0.478 e. The van der Waals surface area contributed by atoms with E-state index in [-0.39, 0.29) is 5.56 Å². The summed E-state index contributed by atoms with van der Waals surface area (Å²) in [4.78, 5) is 13.3. The summed E-state index contributed by atoms with van der Waals surface area (Å²) in [5.41, 5.74) is 7.14. The number of aromatic carboxylic acids is 1. The molecular formula is C12H17N3O2. The highest BCUT2D eigenvalue weighted by atomic mass is 16.4. The number of hydrogen-bond donors (Lipinski definition) is 3. The molecule has 1 unspecified atom stereocenters. The van der Waals surface area contributed by atoms with Gasteiger partial charge in [-0.25, -0.2) is 4.79 Å². The number of nitrogens with zero attached hydrogens (tertiary/aromatic N) is 1. The van der Waals surface area contributed by atoms with Crippen LogP contribution in [0.2, 0.25) is 0 Å². The molecule has 0 amide bonds. The maximum absolute atomic E-state index is 11.1. The predicted octanol–water partition coefficient (Wildman–Crippen LogP) is 1.08. The summed E-state index contributed by atoms with van der Waals surface area (Å²) >= 11 is 0. The normalized spacial score (nSPS) is 20.4. The van der Waals surface area contributed by atoms with Gasteiger partial charge in [0.05, 0.1) is 11.3 Å². The molecule has 0 aromatic heterocycles. The van der Waals surface area contributed by atoms with Crippen LogP contribution in [0, 0.1) is 0 Å². The highest BCUT2D eigenvalue weighted by Gasteiger charge is 2.21. The third kappa shape index (κ3) is 2.68. The van der Waals surface area contributed by atoms with E-state index >= 15 is 0 Å². The van der Waals surface area contributed by atoms with Crippen molar-refractivity contribution in [1.82, 2.24) is 4.90 Å². The molecular weight excluding hydrogens is 218 g/mol. The Bertz CT molecular complexity index is 434. The Morgan fingerprint density at radius 2 is 2.35 bits per heavy atom. The van der Waals surface area contributed by atoms with Gasteiger partial charge in [0.2, 0.25) is 0 Å². The Hall–Kier alpha value is -1.75. The summed E-state index contributed by atoms with van der Waals surface area (Å²) < 4.78 is 0. The van der Waals surface area contributed by atoms with Crippen LogP contribution in [0.1, 0.15) is 16.8 Å². The second-order valence-corrected chi connectivity index (χ2v) is 4.50. The van der Waals surface area contributed by atoms with E-state index in [2.05, 4.69) is 17.3 Å². The lowest BCUT2D eigenvalue weighted by Gasteiger charge is -2.16. The summed E-state index contributed by atoms with van der Waals surface area (Å²) in [6.07, 6.45) is 1.02. The quantitative estimate of drug-likeness (QED) is 0.683. The second-order valence-electron chi connectivity index (χ2n) is 4.50. The molecule has 1 aromatic carbocycles. The van der Waals surface area contributed by atoms with Crippen molar-refractivity contribution in [1.29, 1.82) is 0 Å². The summed E-state index contributed by atoms with van der Waals surface area (Å²) in [6, 6.07) is 5.12. The number of benzene rings is 1. The monoisotopic (exact) mass is 235 g/mol. The lowest BCUT2D eigenvalue weighted by Crippen LogP contribution is -2.24. The fourth-order valence-electron chi connectivity index (χ4n) is 2.14. The van der Waals surface area contributed by atoms with Gasteiger partial charge < -0.3 is 21.1 Å². The molecule has 1 aromatic rings. The average Bonchev–Trinajstić information content (AvgIpc) is 2.63. The highest BCUT2D eigenvalue weighted by Crippen LogP contribution is 2.22. The van der Waals surface area contributed by atoms with Crippen LogP contribution in [-0.4, -0.2) is 42.2 Å². The Kier molecular flexibility index (Phi) is 3.19. The molecule has 5 nitrogen and oxygen atoms in total. The standard InChI is InChI=1S/C12H17N3O2/c1-15-5-4-9(7-15)14-11-6-8(13)2-3-10(11)12(16)17/h2-3,6,9,14H,4-5,7,13H2,1H3,(H,16,17). The molecule has 2 rings (SSSR count). The molecule has 1 atom stereocenters. The Balaban J connectivity index is 2.19. The number of nitrogens with one attached hydrogen (secondary N) is 1. The molecule has 1 aliphatic heterocycles. The fourth-order valence-corrected chi connectivity index (χ4v) is 2.14. The molecule has 1 fully saturated rings. The van der Waals surface area contributed by atoms with Gasteiger partial charge in [0.15, 0.2) is 0 Å². The van der Waals surface area contributed by atoms with Gasteiger partial charge in [-0.3, -0.25) is 0 Å². The minimum atomic E-state index is -0.932. The van der Waals surface area contributed by atoms with Crippen molar-refractivity contribution in [3.8, 4) is 0 Å².